The number of rotatable bonds is 4. The number of fused-ring (bicyclic) bond motifs is 2. The van der Waals surface area contributed by atoms with Gasteiger partial charge in [0.1, 0.15) is 0 Å². The molecule has 0 aromatic heterocycles. The third kappa shape index (κ3) is 2.96. The first kappa shape index (κ1) is 16.6. The van der Waals surface area contributed by atoms with E-state index in [1.165, 1.54) is 12.8 Å². The van der Waals surface area contributed by atoms with Crippen molar-refractivity contribution in [3.63, 3.8) is 0 Å². The SMILES string of the molecule is Cc1cccc(C(=O)NC(c2ccccc2)C23CCC(CC2)N3)c1Cl. The van der Waals surface area contributed by atoms with E-state index < -0.39 is 0 Å². The van der Waals surface area contributed by atoms with Gasteiger partial charge in [0.2, 0.25) is 0 Å². The summed E-state index contributed by atoms with van der Waals surface area (Å²) in [5.41, 5.74) is 2.57. The Labute approximate surface area is 153 Å². The first-order chi connectivity index (χ1) is 12.1. The summed E-state index contributed by atoms with van der Waals surface area (Å²) >= 11 is 6.38. The van der Waals surface area contributed by atoms with Crippen LogP contribution in [0.25, 0.3) is 0 Å². The second kappa shape index (κ2) is 6.47. The molecule has 2 bridgehead atoms. The quantitative estimate of drug-likeness (QED) is 0.854. The molecule has 3 nitrogen and oxygen atoms in total. The highest BCUT2D eigenvalue weighted by molar-refractivity contribution is 6.34. The van der Waals surface area contributed by atoms with Crippen LogP contribution in [-0.4, -0.2) is 17.5 Å². The molecule has 2 aromatic carbocycles. The predicted molar refractivity (Wildman–Crippen MR) is 101 cm³/mol. The minimum absolute atomic E-state index is 0.0437. The molecule has 130 valence electrons. The molecule has 4 heteroatoms. The number of carbonyl (C=O) groups is 1. The van der Waals surface area contributed by atoms with Gasteiger partial charge in [-0.1, -0.05) is 54.1 Å². The van der Waals surface area contributed by atoms with E-state index in [0.717, 1.165) is 24.0 Å². The molecule has 25 heavy (non-hydrogen) atoms. The van der Waals surface area contributed by atoms with Crippen molar-refractivity contribution < 1.29 is 4.79 Å². The van der Waals surface area contributed by atoms with Crippen molar-refractivity contribution in [2.24, 2.45) is 0 Å². The van der Waals surface area contributed by atoms with Crippen molar-refractivity contribution in [2.45, 2.75) is 50.2 Å². The van der Waals surface area contributed by atoms with Gasteiger partial charge >= 0.3 is 0 Å². The first-order valence-corrected chi connectivity index (χ1v) is 9.35. The summed E-state index contributed by atoms with van der Waals surface area (Å²) in [6, 6.07) is 16.4. The summed E-state index contributed by atoms with van der Waals surface area (Å²) in [5, 5.41) is 7.60. The Kier molecular flexibility index (Phi) is 4.30. The second-order valence-corrected chi connectivity index (χ2v) is 7.71. The molecule has 2 aliphatic rings. The van der Waals surface area contributed by atoms with Crippen molar-refractivity contribution in [3.05, 3.63) is 70.2 Å². The number of carbonyl (C=O) groups excluding carboxylic acids is 1. The van der Waals surface area contributed by atoms with E-state index in [1.807, 2.05) is 37.3 Å². The lowest BCUT2D eigenvalue weighted by Crippen LogP contribution is -2.50. The maximum atomic E-state index is 13.0. The predicted octanol–water partition coefficient (Wildman–Crippen LogP) is 4.40. The molecule has 2 saturated heterocycles. The zero-order valence-electron chi connectivity index (χ0n) is 14.4. The Morgan fingerprint density at radius 1 is 1.16 bits per heavy atom. The van der Waals surface area contributed by atoms with Crippen LogP contribution in [0.5, 0.6) is 0 Å². The summed E-state index contributed by atoms with van der Waals surface area (Å²) in [5.74, 6) is -0.103. The van der Waals surface area contributed by atoms with Gasteiger partial charge in [0.05, 0.1) is 16.6 Å². The van der Waals surface area contributed by atoms with Gasteiger partial charge in [-0.3, -0.25) is 4.79 Å². The fraction of sp³-hybridized carbons (Fsp3) is 0.381. The molecule has 0 saturated carbocycles. The minimum atomic E-state index is -0.103. The normalized spacial score (nSPS) is 25.8. The molecule has 2 heterocycles. The van der Waals surface area contributed by atoms with Gasteiger partial charge in [0.15, 0.2) is 0 Å². The Morgan fingerprint density at radius 3 is 2.52 bits per heavy atom. The third-order valence-corrected chi connectivity index (χ3v) is 6.27. The molecule has 2 aromatic rings. The van der Waals surface area contributed by atoms with Crippen LogP contribution in [0.4, 0.5) is 0 Å². The van der Waals surface area contributed by atoms with Gasteiger partial charge in [-0.2, -0.15) is 0 Å². The maximum Gasteiger partial charge on any atom is 0.253 e. The van der Waals surface area contributed by atoms with Crippen LogP contribution in [-0.2, 0) is 0 Å². The average Bonchev–Trinajstić information content (AvgIpc) is 3.24. The second-order valence-electron chi connectivity index (χ2n) is 7.33. The molecular weight excluding hydrogens is 332 g/mol. The Hall–Kier alpha value is -1.84. The lowest BCUT2D eigenvalue weighted by atomic mass is 9.78. The number of hydrogen-bond acceptors (Lipinski definition) is 2. The van der Waals surface area contributed by atoms with Crippen molar-refractivity contribution in [2.75, 3.05) is 0 Å². The smallest absolute Gasteiger partial charge is 0.253 e. The standard InChI is InChI=1S/C21H23ClN2O/c1-14-6-5-9-17(18(14)22)20(25)23-19(15-7-3-2-4-8-15)21-12-10-16(24-21)11-13-21/h2-9,16,19,24H,10-13H2,1H3,(H,23,25). The zero-order valence-corrected chi connectivity index (χ0v) is 15.1. The van der Waals surface area contributed by atoms with Crippen LogP contribution in [0.2, 0.25) is 5.02 Å². The molecule has 0 spiro atoms. The molecular formula is C21H23ClN2O. The average molecular weight is 355 g/mol. The van der Waals surface area contributed by atoms with E-state index >= 15 is 0 Å². The molecule has 0 aliphatic carbocycles. The molecule has 0 radical (unpaired) electrons. The highest BCUT2D eigenvalue weighted by Crippen LogP contribution is 2.45. The van der Waals surface area contributed by atoms with E-state index in [-0.39, 0.29) is 17.5 Å². The first-order valence-electron chi connectivity index (χ1n) is 8.98. The van der Waals surface area contributed by atoms with Crippen molar-refractivity contribution in [1.82, 2.24) is 10.6 Å². The minimum Gasteiger partial charge on any atom is -0.343 e. The molecule has 1 unspecified atom stereocenters. The number of nitrogens with one attached hydrogen (secondary N) is 2. The zero-order chi connectivity index (χ0) is 17.4. The lowest BCUT2D eigenvalue weighted by Gasteiger charge is -2.36. The summed E-state index contributed by atoms with van der Waals surface area (Å²) in [4.78, 5) is 13.0. The Bertz CT molecular complexity index is 782. The molecule has 4 rings (SSSR count). The molecule has 2 N–H and O–H groups in total. The van der Waals surface area contributed by atoms with Crippen LogP contribution in [0.15, 0.2) is 48.5 Å². The molecule has 2 fully saturated rings. The Balaban J connectivity index is 1.67. The van der Waals surface area contributed by atoms with Gasteiger partial charge in [-0.15, -0.1) is 0 Å². The number of aryl methyl sites for hydroxylation is 1. The summed E-state index contributed by atoms with van der Waals surface area (Å²) in [6.45, 7) is 1.92. The van der Waals surface area contributed by atoms with Gasteiger partial charge in [-0.25, -0.2) is 0 Å². The van der Waals surface area contributed by atoms with E-state index in [4.69, 9.17) is 11.6 Å². The summed E-state index contributed by atoms with van der Waals surface area (Å²) in [6.07, 6.45) is 4.56. The van der Waals surface area contributed by atoms with E-state index in [0.29, 0.717) is 16.6 Å². The van der Waals surface area contributed by atoms with Gasteiger partial charge in [-0.05, 0) is 49.8 Å². The number of halogens is 1. The van der Waals surface area contributed by atoms with Crippen molar-refractivity contribution >= 4 is 17.5 Å². The molecule has 2 aliphatic heterocycles. The highest BCUT2D eigenvalue weighted by atomic mass is 35.5. The summed E-state index contributed by atoms with van der Waals surface area (Å²) < 4.78 is 0. The van der Waals surface area contributed by atoms with Crippen molar-refractivity contribution in [1.29, 1.82) is 0 Å². The van der Waals surface area contributed by atoms with Crippen LogP contribution in [0, 0.1) is 6.92 Å². The topological polar surface area (TPSA) is 41.1 Å². The Morgan fingerprint density at radius 2 is 1.88 bits per heavy atom. The number of amides is 1. The monoisotopic (exact) mass is 354 g/mol. The van der Waals surface area contributed by atoms with Crippen LogP contribution < -0.4 is 10.6 Å². The van der Waals surface area contributed by atoms with Gasteiger partial charge in [0, 0.05) is 11.6 Å². The molecule has 1 amide bonds. The van der Waals surface area contributed by atoms with Crippen LogP contribution in [0.1, 0.15) is 53.2 Å². The van der Waals surface area contributed by atoms with Crippen LogP contribution >= 0.6 is 11.6 Å². The summed E-state index contributed by atoms with van der Waals surface area (Å²) in [7, 11) is 0. The van der Waals surface area contributed by atoms with Crippen LogP contribution in [0.3, 0.4) is 0 Å². The van der Waals surface area contributed by atoms with Crippen molar-refractivity contribution in [3.8, 4) is 0 Å². The lowest BCUT2D eigenvalue weighted by molar-refractivity contribution is 0.0907. The number of benzene rings is 2. The fourth-order valence-electron chi connectivity index (χ4n) is 4.42. The van der Waals surface area contributed by atoms with E-state index in [9.17, 15) is 4.79 Å². The molecule has 1 atom stereocenters. The third-order valence-electron chi connectivity index (χ3n) is 5.77. The van der Waals surface area contributed by atoms with E-state index in [2.05, 4.69) is 22.8 Å². The fourth-order valence-corrected chi connectivity index (χ4v) is 4.63. The van der Waals surface area contributed by atoms with Gasteiger partial charge < -0.3 is 10.6 Å². The highest BCUT2D eigenvalue weighted by Gasteiger charge is 2.50. The van der Waals surface area contributed by atoms with E-state index in [1.54, 1.807) is 6.07 Å². The van der Waals surface area contributed by atoms with Gasteiger partial charge in [0.25, 0.3) is 5.91 Å². The maximum absolute atomic E-state index is 13.0. The number of hydrogen-bond donors (Lipinski definition) is 2. The largest absolute Gasteiger partial charge is 0.343 e.